The summed E-state index contributed by atoms with van der Waals surface area (Å²) < 4.78 is 7.58. The molecule has 1 saturated heterocycles. The van der Waals surface area contributed by atoms with Gasteiger partial charge in [-0.2, -0.15) is 5.10 Å². The van der Waals surface area contributed by atoms with E-state index in [9.17, 15) is 4.79 Å². The van der Waals surface area contributed by atoms with Crippen LogP contribution in [-0.2, 0) is 0 Å². The Balaban J connectivity index is 1.72. The minimum absolute atomic E-state index is 0.227. The monoisotopic (exact) mass is 435 g/mol. The van der Waals surface area contributed by atoms with Gasteiger partial charge in [-0.3, -0.25) is 4.79 Å². The topological polar surface area (TPSA) is 85.4 Å². The van der Waals surface area contributed by atoms with E-state index in [1.54, 1.807) is 7.11 Å². The summed E-state index contributed by atoms with van der Waals surface area (Å²) in [6.45, 7) is 14.7. The van der Waals surface area contributed by atoms with E-state index in [0.717, 1.165) is 72.9 Å². The maximum atomic E-state index is 12.5. The first-order chi connectivity index (χ1) is 15.3. The number of carbonyl (C=O) groups is 1. The molecule has 1 aromatic carbocycles. The fourth-order valence-corrected chi connectivity index (χ4v) is 5.05. The number of fused-ring (bicyclic) bond motifs is 1. The number of rotatable bonds is 6. The highest BCUT2D eigenvalue weighted by molar-refractivity contribution is 6.04. The van der Waals surface area contributed by atoms with E-state index in [-0.39, 0.29) is 6.04 Å². The molecule has 0 radical (unpaired) electrons. The van der Waals surface area contributed by atoms with Gasteiger partial charge in [-0.1, -0.05) is 13.2 Å². The Morgan fingerprint density at radius 3 is 2.62 bits per heavy atom. The fraction of sp³-hybridized carbons (Fsp3) is 0.440. The maximum Gasteiger partial charge on any atom is 0.254 e. The van der Waals surface area contributed by atoms with Crippen molar-refractivity contribution >= 4 is 11.7 Å². The number of nitrogens with zero attached hydrogens (tertiary/aromatic N) is 3. The van der Waals surface area contributed by atoms with Crippen LogP contribution in [0.4, 0.5) is 5.82 Å². The van der Waals surface area contributed by atoms with Crippen LogP contribution < -0.4 is 15.8 Å². The van der Waals surface area contributed by atoms with Gasteiger partial charge in [-0.05, 0) is 68.4 Å². The first-order valence-electron chi connectivity index (χ1n) is 11.2. The first kappa shape index (κ1) is 22.0. The van der Waals surface area contributed by atoms with E-state index in [1.807, 2.05) is 36.7 Å². The lowest BCUT2D eigenvalue weighted by Gasteiger charge is -2.39. The van der Waals surface area contributed by atoms with Gasteiger partial charge in [0.25, 0.3) is 5.91 Å². The molecular weight excluding hydrogens is 402 g/mol. The molecule has 1 atom stereocenters. The number of primary amides is 1. The van der Waals surface area contributed by atoms with E-state index < -0.39 is 5.91 Å². The number of piperidine rings is 1. The molecule has 32 heavy (non-hydrogen) atoms. The van der Waals surface area contributed by atoms with Crippen LogP contribution in [0.25, 0.3) is 11.3 Å². The number of hydrogen-bond donors (Lipinski definition) is 2. The van der Waals surface area contributed by atoms with Crippen molar-refractivity contribution in [3.05, 3.63) is 53.8 Å². The predicted octanol–water partition coefficient (Wildman–Crippen LogP) is 4.04. The van der Waals surface area contributed by atoms with Gasteiger partial charge < -0.3 is 20.7 Å². The van der Waals surface area contributed by atoms with Crippen molar-refractivity contribution in [2.24, 2.45) is 11.7 Å². The lowest BCUT2D eigenvalue weighted by atomic mass is 9.86. The second kappa shape index (κ2) is 8.73. The molecule has 0 aliphatic carbocycles. The normalized spacial score (nSPS) is 18.6. The van der Waals surface area contributed by atoms with E-state index in [0.29, 0.717) is 17.2 Å². The van der Waals surface area contributed by atoms with Gasteiger partial charge in [0.05, 0.1) is 13.2 Å². The molecule has 0 saturated carbocycles. The Hall–Kier alpha value is -3.22. The van der Waals surface area contributed by atoms with Gasteiger partial charge in [0.2, 0.25) is 0 Å². The average Bonchev–Trinajstić information content (AvgIpc) is 3.20. The van der Waals surface area contributed by atoms with Crippen LogP contribution in [0.15, 0.2) is 37.1 Å². The standard InChI is InChI=1S/C25H33N5O2/c1-6-16(3)29-11-8-18(9-12-29)20-7-10-27-25-22(24(26)31)23(28-30(20)25)19-13-15(2)17(4)21(14-19)32-5/h6,13-14,18,20,27H,1,3,7-12H2,2,4-5H3,(H2,26,31). The zero-order chi connectivity index (χ0) is 23.0. The summed E-state index contributed by atoms with van der Waals surface area (Å²) in [6.07, 6.45) is 4.89. The Morgan fingerprint density at radius 2 is 2.00 bits per heavy atom. The van der Waals surface area contributed by atoms with Crippen LogP contribution in [0, 0.1) is 19.8 Å². The minimum Gasteiger partial charge on any atom is -0.496 e. The molecule has 170 valence electrons. The molecule has 1 aromatic heterocycles. The zero-order valence-electron chi connectivity index (χ0n) is 19.3. The highest BCUT2D eigenvalue weighted by Gasteiger charge is 2.35. The van der Waals surface area contributed by atoms with E-state index in [4.69, 9.17) is 15.6 Å². The second-order valence-corrected chi connectivity index (χ2v) is 8.80. The van der Waals surface area contributed by atoms with Crippen molar-refractivity contribution in [3.8, 4) is 17.0 Å². The van der Waals surface area contributed by atoms with Crippen molar-refractivity contribution in [3.63, 3.8) is 0 Å². The average molecular weight is 436 g/mol. The van der Waals surface area contributed by atoms with Gasteiger partial charge in [0.15, 0.2) is 0 Å². The number of nitrogens with two attached hydrogens (primary N) is 1. The number of benzene rings is 1. The van der Waals surface area contributed by atoms with Crippen LogP contribution in [0.1, 0.15) is 46.8 Å². The highest BCUT2D eigenvalue weighted by Crippen LogP contribution is 2.41. The molecule has 2 aliphatic rings. The van der Waals surface area contributed by atoms with Gasteiger partial charge >= 0.3 is 0 Å². The summed E-state index contributed by atoms with van der Waals surface area (Å²) in [4.78, 5) is 14.8. The Kier molecular flexibility index (Phi) is 6.00. The third-order valence-corrected chi connectivity index (χ3v) is 7.04. The summed E-state index contributed by atoms with van der Waals surface area (Å²) in [7, 11) is 1.66. The molecular formula is C25H33N5O2. The zero-order valence-corrected chi connectivity index (χ0v) is 19.3. The molecule has 0 spiro atoms. The van der Waals surface area contributed by atoms with Gasteiger partial charge in [0.1, 0.15) is 22.8 Å². The number of amides is 1. The number of aromatic nitrogens is 2. The molecule has 7 heteroatoms. The maximum absolute atomic E-state index is 12.5. The van der Waals surface area contributed by atoms with Crippen LogP contribution in [0.5, 0.6) is 5.75 Å². The minimum atomic E-state index is -0.469. The van der Waals surface area contributed by atoms with E-state index in [2.05, 4.69) is 23.4 Å². The number of ether oxygens (including phenoxy) is 1. The smallest absolute Gasteiger partial charge is 0.254 e. The Bertz CT molecular complexity index is 1060. The van der Waals surface area contributed by atoms with Crippen molar-refractivity contribution < 1.29 is 9.53 Å². The SMILES string of the molecule is C=CC(=C)N1CCC(C2CCNc3c(C(N)=O)c(-c4cc(C)c(C)c(OC)c4)nn32)CC1. The summed E-state index contributed by atoms with van der Waals surface area (Å²) >= 11 is 0. The number of anilines is 1. The molecule has 3 N–H and O–H groups in total. The fourth-order valence-electron chi connectivity index (χ4n) is 5.05. The van der Waals surface area contributed by atoms with Crippen LogP contribution in [0.2, 0.25) is 0 Å². The molecule has 1 amide bonds. The van der Waals surface area contributed by atoms with Crippen LogP contribution >= 0.6 is 0 Å². The molecule has 3 heterocycles. The van der Waals surface area contributed by atoms with Crippen LogP contribution in [0.3, 0.4) is 0 Å². The van der Waals surface area contributed by atoms with Gasteiger partial charge in [-0.15, -0.1) is 0 Å². The predicted molar refractivity (Wildman–Crippen MR) is 128 cm³/mol. The molecule has 2 aliphatic heterocycles. The van der Waals surface area contributed by atoms with Gasteiger partial charge in [-0.25, -0.2) is 4.68 Å². The van der Waals surface area contributed by atoms with Crippen molar-refractivity contribution in [2.45, 2.75) is 39.2 Å². The van der Waals surface area contributed by atoms with E-state index >= 15 is 0 Å². The molecule has 7 nitrogen and oxygen atoms in total. The van der Waals surface area contributed by atoms with Crippen LogP contribution in [-0.4, -0.2) is 47.3 Å². The number of methoxy groups -OCH3 is 1. The molecule has 1 unspecified atom stereocenters. The third-order valence-electron chi connectivity index (χ3n) is 7.04. The summed E-state index contributed by atoms with van der Waals surface area (Å²) in [5, 5.41) is 8.36. The van der Waals surface area contributed by atoms with Gasteiger partial charge in [0, 0.05) is 30.9 Å². The number of hydrogen-bond acceptors (Lipinski definition) is 5. The van der Waals surface area contributed by atoms with Crippen molar-refractivity contribution in [1.29, 1.82) is 0 Å². The quantitative estimate of drug-likeness (QED) is 0.669. The van der Waals surface area contributed by atoms with E-state index in [1.165, 1.54) is 0 Å². The number of allylic oxidation sites excluding steroid dienone is 1. The summed E-state index contributed by atoms with van der Waals surface area (Å²) in [5.41, 5.74) is 10.9. The lowest BCUT2D eigenvalue weighted by Crippen LogP contribution is -2.38. The Labute approximate surface area is 189 Å². The first-order valence-corrected chi connectivity index (χ1v) is 11.2. The largest absolute Gasteiger partial charge is 0.496 e. The summed E-state index contributed by atoms with van der Waals surface area (Å²) in [5.74, 6) is 1.52. The number of carbonyl (C=O) groups excluding carboxylic acids is 1. The highest BCUT2D eigenvalue weighted by atomic mass is 16.5. The van der Waals surface area contributed by atoms with Crippen molar-refractivity contribution in [1.82, 2.24) is 14.7 Å². The molecule has 0 bridgehead atoms. The number of aryl methyl sites for hydroxylation is 1. The van der Waals surface area contributed by atoms with Crippen molar-refractivity contribution in [2.75, 3.05) is 32.1 Å². The number of likely N-dealkylation sites (tertiary alicyclic amines) is 1. The second-order valence-electron chi connectivity index (χ2n) is 8.80. The lowest BCUT2D eigenvalue weighted by molar-refractivity contribution is 0.100. The molecule has 1 fully saturated rings. The number of nitrogens with one attached hydrogen (secondary N) is 1. The molecule has 2 aromatic rings. The Morgan fingerprint density at radius 1 is 1.28 bits per heavy atom. The summed E-state index contributed by atoms with van der Waals surface area (Å²) in [6, 6.07) is 4.22. The molecule has 4 rings (SSSR count). The third kappa shape index (κ3) is 3.76.